The quantitative estimate of drug-likeness (QED) is 0.928. The Labute approximate surface area is 123 Å². The molecule has 1 atom stereocenters. The number of carbonyl (C=O) groups is 2. The number of likely N-dealkylation sites (tertiary alicyclic amines) is 1. The zero-order valence-electron chi connectivity index (χ0n) is 11.4. The molecule has 0 bridgehead atoms. The highest BCUT2D eigenvalue weighted by Gasteiger charge is 2.49. The third-order valence-electron chi connectivity index (χ3n) is 3.89. The molecule has 1 aromatic carbocycles. The van der Waals surface area contributed by atoms with Crippen molar-refractivity contribution in [2.24, 2.45) is 0 Å². The molecule has 0 spiro atoms. The number of halogens is 1. The number of hydrogen-bond acceptors (Lipinski definition) is 2. The van der Waals surface area contributed by atoms with Crippen molar-refractivity contribution in [1.29, 1.82) is 0 Å². The van der Waals surface area contributed by atoms with Gasteiger partial charge in [0.25, 0.3) is 5.91 Å². The summed E-state index contributed by atoms with van der Waals surface area (Å²) in [6, 6.07) is 6.57. The molecule has 108 valence electrons. The molecule has 1 fully saturated rings. The normalized spacial score (nSPS) is 22.0. The third kappa shape index (κ3) is 2.52. The van der Waals surface area contributed by atoms with Crippen LogP contribution in [0.2, 0.25) is 5.02 Å². The van der Waals surface area contributed by atoms with Crippen molar-refractivity contribution in [3.63, 3.8) is 0 Å². The van der Waals surface area contributed by atoms with Gasteiger partial charge < -0.3 is 10.0 Å². The summed E-state index contributed by atoms with van der Waals surface area (Å²) < 4.78 is 0. The lowest BCUT2D eigenvalue weighted by atomic mass is 9.90. The molecule has 0 aliphatic carbocycles. The molecule has 1 aliphatic rings. The molecule has 1 aliphatic heterocycles. The number of aliphatic carboxylic acids is 1. The SMILES string of the molecule is CCCC1(C(=O)O)CCCN1C(=O)c1ccc(Cl)cc1. The number of rotatable bonds is 4. The molecule has 1 aromatic rings. The first-order valence-corrected chi connectivity index (χ1v) is 7.20. The summed E-state index contributed by atoms with van der Waals surface area (Å²) in [5.41, 5.74) is -0.566. The van der Waals surface area contributed by atoms with Crippen LogP contribution in [0, 0.1) is 0 Å². The Kier molecular flexibility index (Phi) is 4.33. The number of carboxylic acid groups (broad SMARTS) is 1. The fourth-order valence-corrected chi connectivity index (χ4v) is 3.05. The molecule has 0 radical (unpaired) electrons. The standard InChI is InChI=1S/C15H18ClNO3/c1-2-8-15(14(19)20)9-3-10-17(15)13(18)11-4-6-12(16)7-5-11/h4-7H,2-3,8-10H2,1H3,(H,19,20). The maximum atomic E-state index is 12.6. The minimum Gasteiger partial charge on any atom is -0.479 e. The predicted molar refractivity (Wildman–Crippen MR) is 77.0 cm³/mol. The van der Waals surface area contributed by atoms with E-state index in [1.54, 1.807) is 24.3 Å². The molecule has 0 aromatic heterocycles. The monoisotopic (exact) mass is 295 g/mol. The van der Waals surface area contributed by atoms with Gasteiger partial charge in [-0.25, -0.2) is 4.79 Å². The van der Waals surface area contributed by atoms with Gasteiger partial charge >= 0.3 is 5.97 Å². The van der Waals surface area contributed by atoms with Crippen LogP contribution >= 0.6 is 11.6 Å². The summed E-state index contributed by atoms with van der Waals surface area (Å²) in [6.45, 7) is 2.43. The predicted octanol–water partition coefficient (Wildman–Crippen LogP) is 3.20. The number of amides is 1. The first-order chi connectivity index (χ1) is 9.51. The van der Waals surface area contributed by atoms with Gasteiger partial charge in [-0.15, -0.1) is 0 Å². The van der Waals surface area contributed by atoms with Crippen LogP contribution in [0.4, 0.5) is 0 Å². The van der Waals surface area contributed by atoms with Gasteiger partial charge in [-0.05, 0) is 43.5 Å². The van der Waals surface area contributed by atoms with Gasteiger partial charge in [0.1, 0.15) is 5.54 Å². The topological polar surface area (TPSA) is 57.6 Å². The fourth-order valence-electron chi connectivity index (χ4n) is 2.93. The van der Waals surface area contributed by atoms with Crippen LogP contribution in [-0.4, -0.2) is 34.0 Å². The Hall–Kier alpha value is -1.55. The summed E-state index contributed by atoms with van der Waals surface area (Å²) in [5.74, 6) is -1.13. The molecule has 1 heterocycles. The van der Waals surface area contributed by atoms with Crippen LogP contribution in [-0.2, 0) is 4.79 Å². The van der Waals surface area contributed by atoms with Crippen molar-refractivity contribution in [3.8, 4) is 0 Å². The average molecular weight is 296 g/mol. The maximum Gasteiger partial charge on any atom is 0.329 e. The zero-order chi connectivity index (χ0) is 14.8. The zero-order valence-corrected chi connectivity index (χ0v) is 12.2. The molecule has 1 unspecified atom stereocenters. The number of nitrogens with zero attached hydrogens (tertiary/aromatic N) is 1. The van der Waals surface area contributed by atoms with E-state index < -0.39 is 11.5 Å². The van der Waals surface area contributed by atoms with Crippen LogP contribution in [0.25, 0.3) is 0 Å². The van der Waals surface area contributed by atoms with Crippen molar-refractivity contribution in [1.82, 2.24) is 4.90 Å². The average Bonchev–Trinajstić information content (AvgIpc) is 2.84. The molecule has 1 amide bonds. The minimum absolute atomic E-state index is 0.227. The lowest BCUT2D eigenvalue weighted by molar-refractivity contribution is -0.148. The Morgan fingerprint density at radius 3 is 2.55 bits per heavy atom. The Morgan fingerprint density at radius 1 is 1.35 bits per heavy atom. The van der Waals surface area contributed by atoms with E-state index >= 15 is 0 Å². The molecular formula is C15H18ClNO3. The van der Waals surface area contributed by atoms with Crippen LogP contribution in [0.3, 0.4) is 0 Å². The van der Waals surface area contributed by atoms with Crippen LogP contribution < -0.4 is 0 Å². The van der Waals surface area contributed by atoms with E-state index in [4.69, 9.17) is 11.6 Å². The number of carboxylic acids is 1. The van der Waals surface area contributed by atoms with E-state index in [-0.39, 0.29) is 5.91 Å². The largest absolute Gasteiger partial charge is 0.479 e. The van der Waals surface area contributed by atoms with Gasteiger partial charge in [0.05, 0.1) is 0 Å². The van der Waals surface area contributed by atoms with E-state index in [1.165, 1.54) is 4.90 Å². The molecular weight excluding hydrogens is 278 g/mol. The summed E-state index contributed by atoms with van der Waals surface area (Å²) in [7, 11) is 0. The van der Waals surface area contributed by atoms with Gasteiger partial charge in [0.2, 0.25) is 0 Å². The van der Waals surface area contributed by atoms with E-state index in [2.05, 4.69) is 0 Å². The van der Waals surface area contributed by atoms with Crippen molar-refractivity contribution in [2.45, 2.75) is 38.1 Å². The molecule has 5 heteroatoms. The van der Waals surface area contributed by atoms with Gasteiger partial charge in [-0.1, -0.05) is 24.9 Å². The van der Waals surface area contributed by atoms with Gasteiger partial charge in [0, 0.05) is 17.1 Å². The van der Waals surface area contributed by atoms with Crippen molar-refractivity contribution in [3.05, 3.63) is 34.9 Å². The second kappa shape index (κ2) is 5.83. The van der Waals surface area contributed by atoms with E-state index in [0.717, 1.165) is 12.8 Å². The van der Waals surface area contributed by atoms with Gasteiger partial charge in [-0.2, -0.15) is 0 Å². The first kappa shape index (κ1) is 14.9. The van der Waals surface area contributed by atoms with Crippen LogP contribution in [0.15, 0.2) is 24.3 Å². The minimum atomic E-state index is -1.05. The Morgan fingerprint density at radius 2 is 2.00 bits per heavy atom. The molecule has 0 saturated carbocycles. The molecule has 20 heavy (non-hydrogen) atoms. The maximum absolute atomic E-state index is 12.6. The highest BCUT2D eigenvalue weighted by molar-refractivity contribution is 6.30. The summed E-state index contributed by atoms with van der Waals surface area (Å²) >= 11 is 5.81. The second-order valence-electron chi connectivity index (χ2n) is 5.15. The summed E-state index contributed by atoms with van der Waals surface area (Å²) in [4.78, 5) is 25.8. The van der Waals surface area contributed by atoms with Crippen LogP contribution in [0.5, 0.6) is 0 Å². The smallest absolute Gasteiger partial charge is 0.329 e. The molecule has 1 N–H and O–H groups in total. The highest BCUT2D eigenvalue weighted by Crippen LogP contribution is 2.35. The molecule has 4 nitrogen and oxygen atoms in total. The molecule has 1 saturated heterocycles. The van der Waals surface area contributed by atoms with Gasteiger partial charge in [0.15, 0.2) is 0 Å². The first-order valence-electron chi connectivity index (χ1n) is 6.82. The van der Waals surface area contributed by atoms with E-state index in [0.29, 0.717) is 30.0 Å². The lowest BCUT2D eigenvalue weighted by Gasteiger charge is -2.34. The third-order valence-corrected chi connectivity index (χ3v) is 4.14. The fraction of sp³-hybridized carbons (Fsp3) is 0.467. The van der Waals surface area contributed by atoms with E-state index in [9.17, 15) is 14.7 Å². The number of hydrogen-bond donors (Lipinski definition) is 1. The van der Waals surface area contributed by atoms with Gasteiger partial charge in [-0.3, -0.25) is 4.79 Å². The second-order valence-corrected chi connectivity index (χ2v) is 5.59. The Bertz CT molecular complexity index is 514. The Balaban J connectivity index is 2.32. The van der Waals surface area contributed by atoms with Crippen molar-refractivity contribution in [2.75, 3.05) is 6.54 Å². The lowest BCUT2D eigenvalue weighted by Crippen LogP contribution is -2.53. The molecule has 2 rings (SSSR count). The van der Waals surface area contributed by atoms with E-state index in [1.807, 2.05) is 6.92 Å². The van der Waals surface area contributed by atoms with Crippen LogP contribution in [0.1, 0.15) is 43.0 Å². The van der Waals surface area contributed by atoms with Crippen molar-refractivity contribution >= 4 is 23.5 Å². The summed E-state index contributed by atoms with van der Waals surface area (Å²) in [6.07, 6.45) is 2.47. The van der Waals surface area contributed by atoms with Crippen molar-refractivity contribution < 1.29 is 14.7 Å². The number of benzene rings is 1. The summed E-state index contributed by atoms with van der Waals surface area (Å²) in [5, 5.41) is 10.1. The highest BCUT2D eigenvalue weighted by atomic mass is 35.5. The number of carbonyl (C=O) groups excluding carboxylic acids is 1.